The molecule has 5 heteroatoms. The Morgan fingerprint density at radius 1 is 1.28 bits per heavy atom. The van der Waals surface area contributed by atoms with E-state index >= 15 is 0 Å². The highest BCUT2D eigenvalue weighted by molar-refractivity contribution is 5.87. The molecule has 0 aliphatic carbocycles. The molecule has 0 radical (unpaired) electrons. The summed E-state index contributed by atoms with van der Waals surface area (Å²) in [6.45, 7) is 2.63. The van der Waals surface area contributed by atoms with Gasteiger partial charge in [-0.05, 0) is 18.9 Å². The minimum atomic E-state index is -0.281. The van der Waals surface area contributed by atoms with Crippen molar-refractivity contribution in [3.63, 3.8) is 0 Å². The molecule has 1 aromatic heterocycles. The van der Waals surface area contributed by atoms with Gasteiger partial charge in [0, 0.05) is 12.6 Å². The van der Waals surface area contributed by atoms with Gasteiger partial charge >= 0.3 is 6.03 Å². The molecule has 0 saturated carbocycles. The number of hydrogen-bond acceptors (Lipinski definition) is 3. The molecule has 0 unspecified atom stereocenters. The molecule has 94 valence electrons. The van der Waals surface area contributed by atoms with Crippen molar-refractivity contribution in [3.8, 4) is 0 Å². The summed E-state index contributed by atoms with van der Waals surface area (Å²) in [7, 11) is 0. The van der Waals surface area contributed by atoms with Crippen LogP contribution in [0.4, 0.5) is 10.6 Å². The summed E-state index contributed by atoms with van der Waals surface area (Å²) in [5.74, 6) is 0.405. The molecule has 1 heterocycles. The van der Waals surface area contributed by atoms with Gasteiger partial charge in [0.15, 0.2) is 5.82 Å². The normalized spacial score (nSPS) is 10.1. The zero-order valence-electron chi connectivity index (χ0n) is 10.1. The third-order valence-corrected chi connectivity index (χ3v) is 2.50. The third kappa shape index (κ3) is 3.62. The summed E-state index contributed by atoms with van der Waals surface area (Å²) in [4.78, 5) is 11.5. The zero-order chi connectivity index (χ0) is 12.8. The van der Waals surface area contributed by atoms with Gasteiger partial charge in [-0.2, -0.15) is 0 Å². The van der Waals surface area contributed by atoms with E-state index in [9.17, 15) is 4.79 Å². The van der Waals surface area contributed by atoms with Crippen molar-refractivity contribution in [2.45, 2.75) is 13.3 Å². The highest BCUT2D eigenvalue weighted by atomic mass is 16.5. The van der Waals surface area contributed by atoms with Crippen LogP contribution in [0.25, 0.3) is 0 Å². The number of urea groups is 1. The first-order valence-corrected chi connectivity index (χ1v) is 5.75. The largest absolute Gasteiger partial charge is 0.363 e. The Labute approximate surface area is 105 Å². The van der Waals surface area contributed by atoms with Gasteiger partial charge in [0.25, 0.3) is 0 Å². The molecule has 2 N–H and O–H groups in total. The number of aryl methyl sites for hydroxylation is 1. The summed E-state index contributed by atoms with van der Waals surface area (Å²) in [5.41, 5.74) is 2.43. The lowest BCUT2D eigenvalue weighted by Crippen LogP contribution is -2.30. The lowest BCUT2D eigenvalue weighted by molar-refractivity contribution is 0.252. The molecule has 2 amide bonds. The molecule has 0 aliphatic heterocycles. The fourth-order valence-corrected chi connectivity index (χ4v) is 1.51. The quantitative estimate of drug-likeness (QED) is 0.868. The van der Waals surface area contributed by atoms with E-state index < -0.39 is 0 Å². The summed E-state index contributed by atoms with van der Waals surface area (Å²) in [6.07, 6.45) is 2.20. The second-order valence-corrected chi connectivity index (χ2v) is 4.00. The second-order valence-electron chi connectivity index (χ2n) is 4.00. The first kappa shape index (κ1) is 12.2. The van der Waals surface area contributed by atoms with Gasteiger partial charge in [-0.25, -0.2) is 4.79 Å². The monoisotopic (exact) mass is 245 g/mol. The summed E-state index contributed by atoms with van der Waals surface area (Å²) in [5, 5.41) is 8.90. The highest BCUT2D eigenvalue weighted by Gasteiger charge is 2.02. The zero-order valence-corrected chi connectivity index (χ0v) is 10.1. The number of nitrogens with one attached hydrogen (secondary N) is 2. The molecule has 2 rings (SSSR count). The van der Waals surface area contributed by atoms with E-state index in [1.54, 1.807) is 6.07 Å². The van der Waals surface area contributed by atoms with Crippen LogP contribution in [0.2, 0.25) is 0 Å². The van der Waals surface area contributed by atoms with Crippen LogP contribution in [-0.4, -0.2) is 17.7 Å². The standard InChI is InChI=1S/C13H15N3O2/c1-10-2-4-11(5-3-10)6-8-14-13(17)15-12-7-9-18-16-12/h2-5,7,9H,6,8H2,1H3,(H2,14,15,16,17). The van der Waals surface area contributed by atoms with Gasteiger partial charge in [-0.3, -0.25) is 5.32 Å². The summed E-state index contributed by atoms with van der Waals surface area (Å²) < 4.78 is 4.61. The lowest BCUT2D eigenvalue weighted by atomic mass is 10.1. The van der Waals surface area contributed by atoms with E-state index in [1.165, 1.54) is 17.4 Å². The Hall–Kier alpha value is -2.30. The summed E-state index contributed by atoms with van der Waals surface area (Å²) in [6, 6.07) is 9.55. The fourth-order valence-electron chi connectivity index (χ4n) is 1.51. The maximum atomic E-state index is 11.5. The van der Waals surface area contributed by atoms with Gasteiger partial charge in [-0.1, -0.05) is 35.0 Å². The molecular formula is C13H15N3O2. The average molecular weight is 245 g/mol. The molecule has 2 aromatic rings. The Balaban J connectivity index is 1.72. The number of carbonyl (C=O) groups excluding carboxylic acids is 1. The van der Waals surface area contributed by atoms with E-state index in [-0.39, 0.29) is 6.03 Å². The van der Waals surface area contributed by atoms with E-state index in [2.05, 4.69) is 44.6 Å². The first-order valence-electron chi connectivity index (χ1n) is 5.75. The molecule has 0 bridgehead atoms. The van der Waals surface area contributed by atoms with E-state index in [0.717, 1.165) is 6.42 Å². The fraction of sp³-hybridized carbons (Fsp3) is 0.231. The number of rotatable bonds is 4. The number of carbonyl (C=O) groups is 1. The van der Waals surface area contributed by atoms with Crippen molar-refractivity contribution in [2.75, 3.05) is 11.9 Å². The van der Waals surface area contributed by atoms with Gasteiger partial charge in [-0.15, -0.1) is 0 Å². The van der Waals surface area contributed by atoms with Crippen molar-refractivity contribution < 1.29 is 9.32 Å². The molecule has 0 spiro atoms. The molecule has 0 fully saturated rings. The number of amides is 2. The van der Waals surface area contributed by atoms with Crippen LogP contribution in [0.1, 0.15) is 11.1 Å². The Morgan fingerprint density at radius 2 is 2.06 bits per heavy atom. The smallest absolute Gasteiger partial charge is 0.320 e. The molecule has 0 aliphatic rings. The van der Waals surface area contributed by atoms with Gasteiger partial charge in [0.2, 0.25) is 0 Å². The Bertz CT molecular complexity index is 491. The number of nitrogens with zero attached hydrogens (tertiary/aromatic N) is 1. The molecular weight excluding hydrogens is 230 g/mol. The maximum absolute atomic E-state index is 11.5. The Kier molecular flexibility index (Phi) is 3.96. The van der Waals surface area contributed by atoms with Gasteiger partial charge in [0.05, 0.1) is 0 Å². The van der Waals surface area contributed by atoms with Crippen LogP contribution in [-0.2, 0) is 6.42 Å². The average Bonchev–Trinajstić information content (AvgIpc) is 2.84. The van der Waals surface area contributed by atoms with Crippen LogP contribution < -0.4 is 10.6 Å². The van der Waals surface area contributed by atoms with Gasteiger partial charge < -0.3 is 9.84 Å². The minimum Gasteiger partial charge on any atom is -0.363 e. The highest BCUT2D eigenvalue weighted by Crippen LogP contribution is 2.03. The molecule has 0 atom stereocenters. The number of aromatic nitrogens is 1. The number of hydrogen-bond donors (Lipinski definition) is 2. The van der Waals surface area contributed by atoms with Crippen molar-refractivity contribution in [1.29, 1.82) is 0 Å². The van der Waals surface area contributed by atoms with Gasteiger partial charge in [0.1, 0.15) is 6.26 Å². The number of anilines is 1. The SMILES string of the molecule is Cc1ccc(CCNC(=O)Nc2ccon2)cc1. The minimum absolute atomic E-state index is 0.281. The summed E-state index contributed by atoms with van der Waals surface area (Å²) >= 11 is 0. The predicted octanol–water partition coefficient (Wildman–Crippen LogP) is 2.35. The first-order chi connectivity index (χ1) is 8.74. The van der Waals surface area contributed by atoms with Crippen LogP contribution in [0.3, 0.4) is 0 Å². The topological polar surface area (TPSA) is 67.2 Å². The molecule has 5 nitrogen and oxygen atoms in total. The third-order valence-electron chi connectivity index (χ3n) is 2.50. The van der Waals surface area contributed by atoms with E-state index in [0.29, 0.717) is 12.4 Å². The van der Waals surface area contributed by atoms with Crippen molar-refractivity contribution in [1.82, 2.24) is 10.5 Å². The van der Waals surface area contributed by atoms with Crippen LogP contribution >= 0.6 is 0 Å². The second kappa shape index (κ2) is 5.86. The molecule has 18 heavy (non-hydrogen) atoms. The van der Waals surface area contributed by atoms with E-state index in [1.807, 2.05) is 6.92 Å². The van der Waals surface area contributed by atoms with Crippen molar-refractivity contribution in [3.05, 3.63) is 47.7 Å². The maximum Gasteiger partial charge on any atom is 0.320 e. The molecule has 1 aromatic carbocycles. The lowest BCUT2D eigenvalue weighted by Gasteiger charge is -2.05. The van der Waals surface area contributed by atoms with Crippen molar-refractivity contribution >= 4 is 11.8 Å². The number of benzene rings is 1. The predicted molar refractivity (Wildman–Crippen MR) is 68.4 cm³/mol. The van der Waals surface area contributed by atoms with Crippen LogP contribution in [0.15, 0.2) is 41.1 Å². The van der Waals surface area contributed by atoms with Crippen LogP contribution in [0.5, 0.6) is 0 Å². The van der Waals surface area contributed by atoms with E-state index in [4.69, 9.17) is 0 Å². The molecule has 0 saturated heterocycles. The van der Waals surface area contributed by atoms with Crippen LogP contribution in [0, 0.1) is 6.92 Å². The Morgan fingerprint density at radius 3 is 2.72 bits per heavy atom. The van der Waals surface area contributed by atoms with Crippen molar-refractivity contribution in [2.24, 2.45) is 0 Å².